The molecule has 1 amide bonds. The Kier molecular flexibility index (Phi) is 3.88. The number of carbonyl (C=O) groups excluding carboxylic acids is 1. The fourth-order valence-corrected chi connectivity index (χ4v) is 3.17. The number of aliphatic carboxylic acids is 1. The van der Waals surface area contributed by atoms with E-state index in [2.05, 4.69) is 0 Å². The van der Waals surface area contributed by atoms with Gasteiger partial charge in [-0.15, -0.1) is 0 Å². The highest BCUT2D eigenvalue weighted by Crippen LogP contribution is 2.32. The maximum absolute atomic E-state index is 12.4. The van der Waals surface area contributed by atoms with Crippen LogP contribution in [0, 0.1) is 11.8 Å². The largest absolute Gasteiger partial charge is 0.481 e. The van der Waals surface area contributed by atoms with Crippen LogP contribution in [-0.4, -0.2) is 28.9 Å². The summed E-state index contributed by atoms with van der Waals surface area (Å²) in [6.45, 7) is 0.405. The Bertz CT molecular complexity index is 673. The van der Waals surface area contributed by atoms with Crippen LogP contribution >= 0.6 is 0 Å². The molecule has 1 fully saturated rings. The van der Waals surface area contributed by atoms with Gasteiger partial charge >= 0.3 is 5.97 Å². The molecule has 0 spiro atoms. The number of para-hydroxylation sites is 1. The Balaban J connectivity index is 1.65. The summed E-state index contributed by atoms with van der Waals surface area (Å²) in [5.41, 5.74) is 0.810. The molecule has 5 nitrogen and oxygen atoms in total. The highest BCUT2D eigenvalue weighted by molar-refractivity contribution is 5.81. The molecule has 22 heavy (non-hydrogen) atoms. The molecule has 1 aliphatic carbocycles. The van der Waals surface area contributed by atoms with Crippen LogP contribution in [0.5, 0.6) is 0 Å². The van der Waals surface area contributed by atoms with Crippen molar-refractivity contribution >= 4 is 22.8 Å². The van der Waals surface area contributed by atoms with E-state index in [0.29, 0.717) is 25.8 Å². The van der Waals surface area contributed by atoms with E-state index in [-0.39, 0.29) is 17.7 Å². The summed E-state index contributed by atoms with van der Waals surface area (Å²) >= 11 is 0. The Hall–Kier alpha value is -2.30. The van der Waals surface area contributed by atoms with Crippen molar-refractivity contribution in [2.45, 2.75) is 25.8 Å². The summed E-state index contributed by atoms with van der Waals surface area (Å²) in [5, 5.41) is 10.0. The van der Waals surface area contributed by atoms with Crippen LogP contribution < -0.4 is 0 Å². The fraction of sp³-hybridized carbons (Fsp3) is 0.412. The van der Waals surface area contributed by atoms with E-state index in [9.17, 15) is 9.59 Å². The Labute approximate surface area is 128 Å². The highest BCUT2D eigenvalue weighted by Gasteiger charge is 2.35. The summed E-state index contributed by atoms with van der Waals surface area (Å²) in [6, 6.07) is 9.66. The second-order valence-electron chi connectivity index (χ2n) is 5.99. The predicted molar refractivity (Wildman–Crippen MR) is 81.2 cm³/mol. The van der Waals surface area contributed by atoms with Crippen molar-refractivity contribution in [3.05, 3.63) is 36.1 Å². The van der Waals surface area contributed by atoms with Crippen molar-refractivity contribution < 1.29 is 19.1 Å². The number of benzene rings is 1. The monoisotopic (exact) mass is 301 g/mol. The molecule has 0 saturated heterocycles. The van der Waals surface area contributed by atoms with Gasteiger partial charge in [0.25, 0.3) is 0 Å². The van der Waals surface area contributed by atoms with Gasteiger partial charge in [0, 0.05) is 18.4 Å². The fourth-order valence-electron chi connectivity index (χ4n) is 3.17. The number of carboxylic acids is 1. The van der Waals surface area contributed by atoms with Crippen molar-refractivity contribution in [2.75, 3.05) is 7.05 Å². The van der Waals surface area contributed by atoms with Crippen molar-refractivity contribution in [2.24, 2.45) is 11.8 Å². The first-order chi connectivity index (χ1) is 10.5. The van der Waals surface area contributed by atoms with Crippen LogP contribution in [0.15, 0.2) is 34.7 Å². The lowest BCUT2D eigenvalue weighted by Gasteiger charge is -2.19. The molecule has 116 valence electrons. The minimum absolute atomic E-state index is 0.00389. The van der Waals surface area contributed by atoms with E-state index in [0.717, 1.165) is 16.7 Å². The normalized spacial score (nSPS) is 21.1. The molecule has 2 atom stereocenters. The van der Waals surface area contributed by atoms with Crippen molar-refractivity contribution in [1.82, 2.24) is 4.90 Å². The Morgan fingerprint density at radius 1 is 1.27 bits per heavy atom. The van der Waals surface area contributed by atoms with E-state index < -0.39 is 5.97 Å². The smallest absolute Gasteiger partial charge is 0.306 e. The molecular formula is C17H19NO4. The molecule has 0 unspecified atom stereocenters. The van der Waals surface area contributed by atoms with E-state index >= 15 is 0 Å². The summed E-state index contributed by atoms with van der Waals surface area (Å²) in [7, 11) is 1.74. The summed E-state index contributed by atoms with van der Waals surface area (Å²) in [4.78, 5) is 25.0. The number of nitrogens with zero attached hydrogens (tertiary/aromatic N) is 1. The maximum Gasteiger partial charge on any atom is 0.306 e. The first-order valence-electron chi connectivity index (χ1n) is 7.50. The average Bonchev–Trinajstić information content (AvgIpc) is 3.12. The van der Waals surface area contributed by atoms with Crippen molar-refractivity contribution in [3.63, 3.8) is 0 Å². The molecule has 0 bridgehead atoms. The summed E-state index contributed by atoms with van der Waals surface area (Å²) < 4.78 is 5.72. The Morgan fingerprint density at radius 3 is 2.68 bits per heavy atom. The number of fused-ring (bicyclic) bond motifs is 1. The first-order valence-corrected chi connectivity index (χ1v) is 7.50. The zero-order chi connectivity index (χ0) is 15.7. The van der Waals surface area contributed by atoms with Gasteiger partial charge in [-0.3, -0.25) is 9.59 Å². The number of hydrogen-bond donors (Lipinski definition) is 1. The van der Waals surface area contributed by atoms with Gasteiger partial charge in [0.1, 0.15) is 11.3 Å². The molecule has 0 radical (unpaired) electrons. The van der Waals surface area contributed by atoms with Crippen molar-refractivity contribution in [1.29, 1.82) is 0 Å². The average molecular weight is 301 g/mol. The Morgan fingerprint density at radius 2 is 2.00 bits per heavy atom. The topological polar surface area (TPSA) is 70.8 Å². The number of carboxylic acid groups (broad SMARTS) is 1. The van der Waals surface area contributed by atoms with Crippen LogP contribution in [-0.2, 0) is 16.1 Å². The molecule has 3 rings (SSSR count). The highest BCUT2D eigenvalue weighted by atomic mass is 16.4. The molecule has 1 aromatic carbocycles. The van der Waals surface area contributed by atoms with Gasteiger partial charge in [0.05, 0.1) is 12.5 Å². The molecule has 0 aliphatic heterocycles. The van der Waals surface area contributed by atoms with Crippen molar-refractivity contribution in [3.8, 4) is 0 Å². The quantitative estimate of drug-likeness (QED) is 0.942. The molecule has 1 aliphatic rings. The van der Waals surface area contributed by atoms with E-state index in [1.54, 1.807) is 11.9 Å². The zero-order valence-electron chi connectivity index (χ0n) is 12.5. The van der Waals surface area contributed by atoms with Crippen LogP contribution in [0.2, 0.25) is 0 Å². The number of hydrogen-bond acceptors (Lipinski definition) is 3. The summed E-state index contributed by atoms with van der Waals surface area (Å²) in [6.07, 6.45) is 1.68. The third kappa shape index (κ3) is 2.84. The van der Waals surface area contributed by atoms with Gasteiger partial charge in [-0.2, -0.15) is 0 Å². The predicted octanol–water partition coefficient (Wildman–Crippen LogP) is 2.89. The van der Waals surface area contributed by atoms with Gasteiger partial charge in [-0.1, -0.05) is 18.2 Å². The lowest BCUT2D eigenvalue weighted by Crippen LogP contribution is -2.31. The van der Waals surface area contributed by atoms with E-state index in [1.165, 1.54) is 0 Å². The van der Waals surface area contributed by atoms with Crippen LogP contribution in [0.1, 0.15) is 25.0 Å². The lowest BCUT2D eigenvalue weighted by atomic mass is 10.0. The number of amides is 1. The van der Waals surface area contributed by atoms with Gasteiger partial charge in [0.2, 0.25) is 5.91 Å². The molecule has 1 N–H and O–H groups in total. The molecule has 5 heteroatoms. The molecule has 1 saturated carbocycles. The van der Waals surface area contributed by atoms with E-state index in [4.69, 9.17) is 9.52 Å². The van der Waals surface area contributed by atoms with Gasteiger partial charge in [-0.05, 0) is 31.4 Å². The lowest BCUT2D eigenvalue weighted by molar-refractivity contribution is -0.141. The van der Waals surface area contributed by atoms with Gasteiger partial charge in [-0.25, -0.2) is 0 Å². The first kappa shape index (κ1) is 14.6. The SMILES string of the molecule is CN(Cc1cc2ccccc2o1)C(=O)[C@@H]1CC[C@H](C(=O)O)C1. The number of carbonyl (C=O) groups is 2. The van der Waals surface area contributed by atoms with Crippen LogP contribution in [0.4, 0.5) is 0 Å². The van der Waals surface area contributed by atoms with Crippen LogP contribution in [0.25, 0.3) is 11.0 Å². The van der Waals surface area contributed by atoms with Gasteiger partial charge < -0.3 is 14.4 Å². The minimum atomic E-state index is -0.796. The standard InChI is InChI=1S/C17H19NO4/c1-18(16(19)12-6-7-13(8-12)17(20)21)10-14-9-11-4-2-3-5-15(11)22-14/h2-5,9,12-13H,6-8,10H2,1H3,(H,20,21)/t12-,13+/m1/s1. The van der Waals surface area contributed by atoms with Crippen LogP contribution in [0.3, 0.4) is 0 Å². The molecule has 1 aromatic heterocycles. The minimum Gasteiger partial charge on any atom is -0.481 e. The zero-order valence-corrected chi connectivity index (χ0v) is 12.5. The molecule has 1 heterocycles. The second-order valence-corrected chi connectivity index (χ2v) is 5.99. The van der Waals surface area contributed by atoms with Gasteiger partial charge in [0.15, 0.2) is 0 Å². The number of furan rings is 1. The molecule has 2 aromatic rings. The third-order valence-electron chi connectivity index (χ3n) is 4.38. The summed E-state index contributed by atoms with van der Waals surface area (Å²) in [5.74, 6) is -0.617. The second kappa shape index (κ2) is 5.83. The number of rotatable bonds is 4. The maximum atomic E-state index is 12.4. The third-order valence-corrected chi connectivity index (χ3v) is 4.38. The molecular weight excluding hydrogens is 282 g/mol. The van der Waals surface area contributed by atoms with E-state index in [1.807, 2.05) is 30.3 Å².